The Balaban J connectivity index is 1.78. The molecular formula is C16H24BrN3O3S. The summed E-state index contributed by atoms with van der Waals surface area (Å²) in [4.78, 5) is 12.5. The third-order valence-electron chi connectivity index (χ3n) is 4.06. The van der Waals surface area contributed by atoms with E-state index in [9.17, 15) is 13.2 Å². The van der Waals surface area contributed by atoms with Crippen molar-refractivity contribution in [3.63, 3.8) is 0 Å². The molecule has 1 aliphatic heterocycles. The molecule has 0 aromatic heterocycles. The Morgan fingerprint density at radius 1 is 1.25 bits per heavy atom. The minimum absolute atomic E-state index is 0.00875. The van der Waals surface area contributed by atoms with Crippen LogP contribution >= 0.6 is 15.9 Å². The van der Waals surface area contributed by atoms with Crippen LogP contribution in [0.1, 0.15) is 20.3 Å². The predicted molar refractivity (Wildman–Crippen MR) is 97.5 cm³/mol. The van der Waals surface area contributed by atoms with Crippen molar-refractivity contribution in [1.29, 1.82) is 0 Å². The van der Waals surface area contributed by atoms with Crippen LogP contribution in [0.2, 0.25) is 0 Å². The van der Waals surface area contributed by atoms with Gasteiger partial charge in [-0.1, -0.05) is 48.0 Å². The topological polar surface area (TPSA) is 87.3 Å². The van der Waals surface area contributed by atoms with Crippen molar-refractivity contribution in [3.8, 4) is 0 Å². The van der Waals surface area contributed by atoms with Gasteiger partial charge in [-0.25, -0.2) is 13.8 Å². The summed E-state index contributed by atoms with van der Waals surface area (Å²) in [5, 5.41) is 2.80. The van der Waals surface area contributed by atoms with Crippen LogP contribution < -0.4 is 16.2 Å². The van der Waals surface area contributed by atoms with E-state index in [0.29, 0.717) is 23.8 Å². The van der Waals surface area contributed by atoms with Gasteiger partial charge in [0.25, 0.3) is 0 Å². The molecule has 3 unspecified atom stereocenters. The van der Waals surface area contributed by atoms with Gasteiger partial charge in [-0.15, -0.1) is 0 Å². The number of rotatable bonds is 7. The monoisotopic (exact) mass is 417 g/mol. The number of benzene rings is 1. The first kappa shape index (κ1) is 19.4. The van der Waals surface area contributed by atoms with E-state index in [4.69, 9.17) is 0 Å². The highest BCUT2D eigenvalue weighted by molar-refractivity contribution is 9.09. The van der Waals surface area contributed by atoms with E-state index >= 15 is 0 Å². The minimum atomic E-state index is -3.30. The summed E-state index contributed by atoms with van der Waals surface area (Å²) >= 11 is 3.56. The Morgan fingerprint density at radius 3 is 2.50 bits per heavy atom. The molecule has 0 spiro atoms. The number of amides is 1. The molecule has 3 atom stereocenters. The van der Waals surface area contributed by atoms with E-state index in [-0.39, 0.29) is 28.6 Å². The molecular weight excluding hydrogens is 394 g/mol. The summed E-state index contributed by atoms with van der Waals surface area (Å²) in [7, 11) is -3.30. The highest BCUT2D eigenvalue weighted by Crippen LogP contribution is 2.21. The van der Waals surface area contributed by atoms with Crippen molar-refractivity contribution in [1.82, 2.24) is 16.2 Å². The Hall–Kier alpha value is -0.960. The lowest BCUT2D eigenvalue weighted by Gasteiger charge is -2.19. The zero-order valence-electron chi connectivity index (χ0n) is 13.8. The summed E-state index contributed by atoms with van der Waals surface area (Å²) in [6.07, 6.45) is 0.379. The summed E-state index contributed by atoms with van der Waals surface area (Å²) in [6.45, 7) is 4.50. The van der Waals surface area contributed by atoms with E-state index in [0.717, 1.165) is 0 Å². The standard InChI is InChI=1S/C16H24BrN3O3S/c1-11(2)14-13(17)15(20-19-14)16(21)18-9-6-10-24(22,23)12-7-4-3-5-8-12/h3-5,7-8,11,13-15,19-20H,6,9-10H2,1-2H3,(H,18,21). The summed E-state index contributed by atoms with van der Waals surface area (Å²) in [5.74, 6) is 0.264. The fourth-order valence-corrected chi connectivity index (χ4v) is 5.07. The maximum atomic E-state index is 12.2. The Morgan fingerprint density at radius 2 is 1.92 bits per heavy atom. The van der Waals surface area contributed by atoms with Crippen LogP contribution in [0.4, 0.5) is 0 Å². The van der Waals surface area contributed by atoms with Crippen LogP contribution in [0, 0.1) is 5.92 Å². The van der Waals surface area contributed by atoms with Gasteiger partial charge in [-0.3, -0.25) is 10.2 Å². The lowest BCUT2D eigenvalue weighted by Crippen LogP contribution is -2.46. The summed E-state index contributed by atoms with van der Waals surface area (Å²) in [5.41, 5.74) is 6.11. The average molecular weight is 418 g/mol. The Labute approximate surface area is 151 Å². The number of sulfone groups is 1. The number of hydrogen-bond acceptors (Lipinski definition) is 5. The summed E-state index contributed by atoms with van der Waals surface area (Å²) < 4.78 is 24.3. The van der Waals surface area contributed by atoms with Gasteiger partial charge in [0.2, 0.25) is 5.91 Å². The van der Waals surface area contributed by atoms with Crippen LogP contribution in [-0.4, -0.2) is 43.5 Å². The van der Waals surface area contributed by atoms with Gasteiger partial charge in [0.1, 0.15) is 6.04 Å². The zero-order valence-corrected chi connectivity index (χ0v) is 16.2. The molecule has 1 fully saturated rings. The Kier molecular flexibility index (Phi) is 6.79. The highest BCUT2D eigenvalue weighted by atomic mass is 79.9. The molecule has 0 saturated carbocycles. The minimum Gasteiger partial charge on any atom is -0.355 e. The molecule has 0 radical (unpaired) electrons. The van der Waals surface area contributed by atoms with Crippen molar-refractivity contribution in [2.75, 3.05) is 12.3 Å². The molecule has 0 bridgehead atoms. The quantitative estimate of drug-likeness (QED) is 0.458. The molecule has 24 heavy (non-hydrogen) atoms. The van der Waals surface area contributed by atoms with E-state index in [1.807, 2.05) is 0 Å². The lowest BCUT2D eigenvalue weighted by atomic mass is 9.99. The van der Waals surface area contributed by atoms with Gasteiger partial charge in [0.15, 0.2) is 9.84 Å². The van der Waals surface area contributed by atoms with Crippen molar-refractivity contribution in [2.45, 2.75) is 42.1 Å². The number of alkyl halides is 1. The van der Waals surface area contributed by atoms with Crippen LogP contribution in [0.5, 0.6) is 0 Å². The number of nitrogens with one attached hydrogen (secondary N) is 3. The largest absolute Gasteiger partial charge is 0.355 e. The number of halogens is 1. The van der Waals surface area contributed by atoms with Crippen LogP contribution in [0.3, 0.4) is 0 Å². The van der Waals surface area contributed by atoms with Crippen LogP contribution in [-0.2, 0) is 14.6 Å². The molecule has 134 valence electrons. The highest BCUT2D eigenvalue weighted by Gasteiger charge is 2.39. The molecule has 1 saturated heterocycles. The number of hydrazine groups is 1. The smallest absolute Gasteiger partial charge is 0.239 e. The van der Waals surface area contributed by atoms with Gasteiger partial charge < -0.3 is 5.32 Å². The Bertz CT molecular complexity index is 652. The van der Waals surface area contributed by atoms with Gasteiger partial charge >= 0.3 is 0 Å². The van der Waals surface area contributed by atoms with Crippen molar-refractivity contribution in [3.05, 3.63) is 30.3 Å². The second-order valence-corrected chi connectivity index (χ2v) is 9.42. The van der Waals surface area contributed by atoms with E-state index in [2.05, 4.69) is 45.9 Å². The fourth-order valence-electron chi connectivity index (χ4n) is 2.63. The molecule has 0 aliphatic carbocycles. The van der Waals surface area contributed by atoms with E-state index in [1.165, 1.54) is 0 Å². The normalized spacial score (nSPS) is 24.2. The van der Waals surface area contributed by atoms with Gasteiger partial charge in [0, 0.05) is 12.6 Å². The van der Waals surface area contributed by atoms with Crippen molar-refractivity contribution >= 4 is 31.7 Å². The molecule has 1 amide bonds. The SMILES string of the molecule is CC(C)C1NNC(C(=O)NCCCS(=O)(=O)c2ccccc2)C1Br. The fraction of sp³-hybridized carbons (Fsp3) is 0.562. The summed E-state index contributed by atoms with van der Waals surface area (Å²) in [6, 6.07) is 8.15. The first-order valence-corrected chi connectivity index (χ1v) is 10.6. The second-order valence-electron chi connectivity index (χ2n) is 6.26. The number of carbonyl (C=O) groups is 1. The average Bonchev–Trinajstić information content (AvgIpc) is 2.94. The number of carbonyl (C=O) groups excluding carboxylic acids is 1. The molecule has 1 aromatic carbocycles. The van der Waals surface area contributed by atoms with E-state index in [1.54, 1.807) is 30.3 Å². The maximum Gasteiger partial charge on any atom is 0.239 e. The van der Waals surface area contributed by atoms with Crippen molar-refractivity contribution in [2.24, 2.45) is 5.92 Å². The second kappa shape index (κ2) is 8.42. The first-order chi connectivity index (χ1) is 11.3. The molecule has 3 N–H and O–H groups in total. The molecule has 1 aliphatic rings. The van der Waals surface area contributed by atoms with Gasteiger partial charge in [-0.05, 0) is 24.5 Å². The number of hydrogen-bond donors (Lipinski definition) is 3. The predicted octanol–water partition coefficient (Wildman–Crippen LogP) is 1.23. The zero-order chi connectivity index (χ0) is 17.7. The molecule has 8 heteroatoms. The van der Waals surface area contributed by atoms with Crippen LogP contribution in [0.25, 0.3) is 0 Å². The third-order valence-corrected chi connectivity index (χ3v) is 6.97. The van der Waals surface area contributed by atoms with Gasteiger partial charge in [-0.2, -0.15) is 0 Å². The molecule has 1 heterocycles. The first-order valence-electron chi connectivity index (χ1n) is 8.03. The van der Waals surface area contributed by atoms with Crippen LogP contribution in [0.15, 0.2) is 35.2 Å². The molecule has 2 rings (SSSR count). The van der Waals surface area contributed by atoms with Crippen molar-refractivity contribution < 1.29 is 13.2 Å². The molecule has 1 aromatic rings. The van der Waals surface area contributed by atoms with E-state index < -0.39 is 9.84 Å². The lowest BCUT2D eigenvalue weighted by molar-refractivity contribution is -0.122. The third kappa shape index (κ3) is 4.78. The maximum absolute atomic E-state index is 12.2. The molecule has 6 nitrogen and oxygen atoms in total. The van der Waals surface area contributed by atoms with Gasteiger partial charge in [0.05, 0.1) is 15.5 Å².